The molecule has 0 spiro atoms. The molecule has 1 aromatic carbocycles. The summed E-state index contributed by atoms with van der Waals surface area (Å²) in [6.07, 6.45) is -1.89. The van der Waals surface area contributed by atoms with Crippen LogP contribution in [-0.2, 0) is 0 Å². The molecule has 0 N–H and O–H groups in total. The quantitative estimate of drug-likeness (QED) is 0.651. The van der Waals surface area contributed by atoms with E-state index in [4.69, 9.17) is 23.2 Å². The van der Waals surface area contributed by atoms with E-state index < -0.39 is 11.1 Å². The van der Waals surface area contributed by atoms with Crippen molar-refractivity contribution in [2.45, 2.75) is 0 Å². The average molecular weight is 209 g/mol. The van der Waals surface area contributed by atoms with Crippen LogP contribution >= 0.6 is 23.2 Å². The van der Waals surface area contributed by atoms with E-state index in [1.807, 2.05) is 0 Å². The minimum absolute atomic E-state index is 0.265. The molecule has 0 saturated heterocycles. The molecule has 0 aliphatic rings. The van der Waals surface area contributed by atoms with Crippen LogP contribution in [0.15, 0.2) is 30.3 Å². The molecular weight excluding hydrogens is 205 g/mol. The van der Waals surface area contributed by atoms with Crippen molar-refractivity contribution < 1.29 is 8.78 Å². The third-order valence-electron chi connectivity index (χ3n) is 1.26. The summed E-state index contributed by atoms with van der Waals surface area (Å²) in [5, 5.41) is -0.0471. The Balaban J connectivity index is 3.06. The van der Waals surface area contributed by atoms with Crippen molar-refractivity contribution >= 4 is 28.2 Å². The molecule has 0 radical (unpaired) electrons. The van der Waals surface area contributed by atoms with Crippen molar-refractivity contribution in [2.24, 2.45) is 0 Å². The predicted molar refractivity (Wildman–Crippen MR) is 46.4 cm³/mol. The fourth-order valence-electron chi connectivity index (χ4n) is 0.705. The Labute approximate surface area is 78.4 Å². The highest BCUT2D eigenvalue weighted by Crippen LogP contribution is 2.25. The van der Waals surface area contributed by atoms with Gasteiger partial charge in [-0.25, -0.2) is 0 Å². The number of halogens is 4. The first-order valence-corrected chi connectivity index (χ1v) is 3.83. The zero-order valence-corrected chi connectivity index (χ0v) is 7.33. The number of hydrogen-bond acceptors (Lipinski definition) is 0. The third-order valence-corrected chi connectivity index (χ3v) is 1.88. The predicted octanol–water partition coefficient (Wildman–Crippen LogP) is 4.14. The highest BCUT2D eigenvalue weighted by Gasteiger charge is 2.04. The topological polar surface area (TPSA) is 0 Å². The molecule has 0 amide bonds. The summed E-state index contributed by atoms with van der Waals surface area (Å²) in [7, 11) is 0. The molecule has 0 bridgehead atoms. The maximum atomic E-state index is 11.9. The van der Waals surface area contributed by atoms with Crippen LogP contribution in [0.25, 0.3) is 5.03 Å². The van der Waals surface area contributed by atoms with Gasteiger partial charge in [0.05, 0.1) is 0 Å². The molecule has 12 heavy (non-hydrogen) atoms. The van der Waals surface area contributed by atoms with Crippen LogP contribution < -0.4 is 0 Å². The second-order valence-electron chi connectivity index (χ2n) is 2.08. The van der Waals surface area contributed by atoms with E-state index in [0.717, 1.165) is 0 Å². The van der Waals surface area contributed by atoms with Crippen LogP contribution in [0.4, 0.5) is 8.78 Å². The fraction of sp³-hybridized carbons (Fsp3) is 0. The Bertz CT molecular complexity index is 299. The highest BCUT2D eigenvalue weighted by molar-refractivity contribution is 6.49. The first-order chi connectivity index (χ1) is 5.61. The van der Waals surface area contributed by atoms with Gasteiger partial charge in [0.1, 0.15) is 5.03 Å². The molecule has 0 aromatic heterocycles. The molecular formula is C8H4Cl2F2. The minimum Gasteiger partial charge on any atom is -0.172 e. The smallest absolute Gasteiger partial charge is 0.172 e. The number of rotatable bonds is 1. The van der Waals surface area contributed by atoms with Crippen LogP contribution in [0.5, 0.6) is 0 Å². The molecule has 0 heterocycles. The van der Waals surface area contributed by atoms with Crippen molar-refractivity contribution in [3.63, 3.8) is 0 Å². The number of benzene rings is 1. The third kappa shape index (κ3) is 2.19. The van der Waals surface area contributed by atoms with Crippen LogP contribution in [0, 0.1) is 0 Å². The Hall–Kier alpha value is -0.600. The molecule has 0 atom stereocenters. The molecule has 0 aliphatic carbocycles. The van der Waals surface area contributed by atoms with Crippen LogP contribution in [-0.4, -0.2) is 0 Å². The molecule has 0 unspecified atom stereocenters. The van der Waals surface area contributed by atoms with Gasteiger partial charge in [0.2, 0.25) is 0 Å². The van der Waals surface area contributed by atoms with E-state index >= 15 is 0 Å². The molecule has 0 saturated carbocycles. The van der Waals surface area contributed by atoms with E-state index in [-0.39, 0.29) is 5.56 Å². The van der Waals surface area contributed by atoms with Crippen LogP contribution in [0.1, 0.15) is 5.56 Å². The molecule has 64 valence electrons. The fourth-order valence-corrected chi connectivity index (χ4v) is 0.957. The molecule has 1 aromatic rings. The van der Waals surface area contributed by atoms with Gasteiger partial charge in [0.15, 0.2) is 0 Å². The Morgan fingerprint density at radius 3 is 2.00 bits per heavy atom. The second kappa shape index (κ2) is 3.87. The Morgan fingerprint density at radius 1 is 1.08 bits per heavy atom. The zero-order chi connectivity index (χ0) is 9.14. The van der Waals surface area contributed by atoms with Crippen molar-refractivity contribution in [3.05, 3.63) is 40.9 Å². The summed E-state index contributed by atoms with van der Waals surface area (Å²) in [5.41, 5.74) is 0.265. The van der Waals surface area contributed by atoms with Crippen molar-refractivity contribution in [1.29, 1.82) is 0 Å². The molecule has 4 heteroatoms. The van der Waals surface area contributed by atoms with Gasteiger partial charge in [-0.1, -0.05) is 35.3 Å². The van der Waals surface area contributed by atoms with E-state index in [9.17, 15) is 8.78 Å². The Kier molecular flexibility index (Phi) is 3.06. The maximum Gasteiger partial charge on any atom is 0.289 e. The van der Waals surface area contributed by atoms with Gasteiger partial charge in [-0.3, -0.25) is 0 Å². The lowest BCUT2D eigenvalue weighted by Gasteiger charge is -1.96. The monoisotopic (exact) mass is 208 g/mol. The largest absolute Gasteiger partial charge is 0.289 e. The summed E-state index contributed by atoms with van der Waals surface area (Å²) in [5.74, 6) is 0. The summed E-state index contributed by atoms with van der Waals surface area (Å²) in [6, 6.07) is 5.87. The zero-order valence-electron chi connectivity index (χ0n) is 5.82. The summed E-state index contributed by atoms with van der Waals surface area (Å²) in [6.45, 7) is 0. The van der Waals surface area contributed by atoms with Gasteiger partial charge < -0.3 is 0 Å². The maximum absolute atomic E-state index is 11.9. The normalized spacial score (nSPS) is 9.67. The lowest BCUT2D eigenvalue weighted by atomic mass is 10.2. The van der Waals surface area contributed by atoms with Gasteiger partial charge in [-0.15, -0.1) is 0 Å². The van der Waals surface area contributed by atoms with Crippen LogP contribution in [0.3, 0.4) is 0 Å². The van der Waals surface area contributed by atoms with Crippen molar-refractivity contribution in [2.75, 3.05) is 0 Å². The van der Waals surface area contributed by atoms with E-state index in [1.54, 1.807) is 0 Å². The molecule has 0 aliphatic heterocycles. The van der Waals surface area contributed by atoms with E-state index in [0.29, 0.717) is 5.02 Å². The average Bonchev–Trinajstić information content (AvgIpc) is 2.04. The van der Waals surface area contributed by atoms with Crippen molar-refractivity contribution in [3.8, 4) is 0 Å². The first kappa shape index (κ1) is 9.49. The highest BCUT2D eigenvalue weighted by atomic mass is 35.5. The molecule has 1 rings (SSSR count). The second-order valence-corrected chi connectivity index (χ2v) is 2.90. The van der Waals surface area contributed by atoms with Gasteiger partial charge in [-0.05, 0) is 17.7 Å². The SMILES string of the molecule is FC(F)=C(Cl)c1ccc(Cl)cc1. The molecule has 0 nitrogen and oxygen atoms in total. The molecule has 0 fully saturated rings. The van der Waals surface area contributed by atoms with Crippen molar-refractivity contribution in [1.82, 2.24) is 0 Å². The first-order valence-electron chi connectivity index (χ1n) is 3.08. The summed E-state index contributed by atoms with van der Waals surface area (Å²) in [4.78, 5) is 0. The number of hydrogen-bond donors (Lipinski definition) is 0. The summed E-state index contributed by atoms with van der Waals surface area (Å²) < 4.78 is 23.9. The minimum atomic E-state index is -1.89. The van der Waals surface area contributed by atoms with Gasteiger partial charge in [0.25, 0.3) is 6.08 Å². The van der Waals surface area contributed by atoms with Gasteiger partial charge in [0, 0.05) is 5.02 Å². The van der Waals surface area contributed by atoms with Gasteiger partial charge >= 0.3 is 0 Å². The van der Waals surface area contributed by atoms with E-state index in [1.165, 1.54) is 24.3 Å². The standard InChI is InChI=1S/C8H4Cl2F2/c9-6-3-1-5(2-4-6)7(10)8(11)12/h1-4H. The Morgan fingerprint density at radius 2 is 1.58 bits per heavy atom. The lowest BCUT2D eigenvalue weighted by molar-refractivity contribution is 0.428. The lowest BCUT2D eigenvalue weighted by Crippen LogP contribution is -1.76. The van der Waals surface area contributed by atoms with E-state index in [2.05, 4.69) is 0 Å². The van der Waals surface area contributed by atoms with Gasteiger partial charge in [-0.2, -0.15) is 8.78 Å². The van der Waals surface area contributed by atoms with Crippen LogP contribution in [0.2, 0.25) is 5.02 Å². The summed E-state index contributed by atoms with van der Waals surface area (Å²) >= 11 is 10.8.